The first kappa shape index (κ1) is 31.1. The minimum atomic E-state index is -0.795. The maximum atomic E-state index is 14.4. The molecule has 2 fully saturated rings. The van der Waals surface area contributed by atoms with E-state index in [1.54, 1.807) is 0 Å². The van der Waals surface area contributed by atoms with Gasteiger partial charge in [0.25, 0.3) is 5.91 Å². The molecule has 0 radical (unpaired) electrons. The Morgan fingerprint density at radius 3 is 2.27 bits per heavy atom. The number of likely N-dealkylation sites (N-methyl/N-ethyl adjacent to an activating group) is 1. The maximum Gasteiger partial charge on any atom is 0.269 e. The molecule has 0 N–H and O–H groups in total. The third-order valence-electron chi connectivity index (χ3n) is 9.35. The Labute approximate surface area is 273 Å². The Morgan fingerprint density at radius 1 is 1.02 bits per heavy atom. The normalized spacial score (nSPS) is 27.5. The average molecular weight is 655 g/mol. The third kappa shape index (κ3) is 5.25. The summed E-state index contributed by atoms with van der Waals surface area (Å²) >= 11 is 13.8. The van der Waals surface area contributed by atoms with Crippen molar-refractivity contribution in [3.63, 3.8) is 0 Å². The van der Waals surface area contributed by atoms with Crippen LogP contribution in [-0.2, 0) is 19.9 Å². The highest BCUT2D eigenvalue weighted by atomic mass is 35.5. The number of hydrogen-bond donors (Lipinski definition) is 0. The number of piperazine rings is 1. The van der Waals surface area contributed by atoms with E-state index in [0.717, 1.165) is 23.4 Å². The van der Waals surface area contributed by atoms with Gasteiger partial charge in [0.2, 0.25) is 11.8 Å². The van der Waals surface area contributed by atoms with Gasteiger partial charge in [-0.15, -0.1) is 0 Å². The van der Waals surface area contributed by atoms with Crippen LogP contribution in [0.25, 0.3) is 0 Å². The van der Waals surface area contributed by atoms with Crippen LogP contribution in [0.4, 0.5) is 0 Å². The summed E-state index contributed by atoms with van der Waals surface area (Å²) in [6.07, 6.45) is 0.513. The van der Waals surface area contributed by atoms with E-state index in [1.165, 1.54) is 16.7 Å². The number of amidine groups is 1. The zero-order valence-electron chi connectivity index (χ0n) is 25.6. The molecular formula is C33H37Cl2N5O3S. The zero-order chi connectivity index (χ0) is 31.5. The number of imide groups is 1. The number of hydrogen-bond acceptors (Lipinski definition) is 7. The van der Waals surface area contributed by atoms with Crippen molar-refractivity contribution < 1.29 is 14.4 Å². The lowest BCUT2D eigenvalue weighted by Crippen LogP contribution is -2.57. The Kier molecular flexibility index (Phi) is 8.37. The number of fused-ring (bicyclic) bond motifs is 1. The molecule has 0 bridgehead atoms. The van der Waals surface area contributed by atoms with Crippen LogP contribution >= 0.6 is 35.0 Å². The van der Waals surface area contributed by atoms with Gasteiger partial charge in [-0.3, -0.25) is 19.3 Å². The van der Waals surface area contributed by atoms with Crippen molar-refractivity contribution in [3.8, 4) is 0 Å². The van der Waals surface area contributed by atoms with Crippen molar-refractivity contribution in [1.82, 2.24) is 19.6 Å². The van der Waals surface area contributed by atoms with Crippen LogP contribution in [-0.4, -0.2) is 81.3 Å². The Balaban J connectivity index is 1.39. The van der Waals surface area contributed by atoms with E-state index in [0.29, 0.717) is 39.6 Å². The van der Waals surface area contributed by atoms with Gasteiger partial charge in [-0.2, -0.15) is 0 Å². The predicted octanol–water partition coefficient (Wildman–Crippen LogP) is 5.92. The van der Waals surface area contributed by atoms with Crippen LogP contribution in [0.5, 0.6) is 0 Å². The standard InChI is InChI=1S/C33H37Cl2N5O3S/c1-19(2)27-28(31(43)39-25(14-15-26(39)41)30(42)38-17-16-37(5)20(3)18-38)44-32-36-33(4,22-8-12-24(35)13-9-22)29(40(27)32)21-6-10-23(34)11-7-21/h6-13,19-20,25,29H,14-18H2,1-5H3/t20-,25+,29-,33+/m1/s1. The molecule has 0 aliphatic carbocycles. The fourth-order valence-corrected chi connectivity index (χ4v) is 8.40. The highest BCUT2D eigenvalue weighted by Crippen LogP contribution is 2.56. The first-order valence-electron chi connectivity index (χ1n) is 15.1. The largest absolute Gasteiger partial charge is 0.338 e. The summed E-state index contributed by atoms with van der Waals surface area (Å²) in [5.74, 6) is -0.934. The molecule has 11 heteroatoms. The lowest BCUT2D eigenvalue weighted by Gasteiger charge is -2.39. The van der Waals surface area contributed by atoms with Crippen LogP contribution in [0, 0.1) is 5.92 Å². The molecule has 4 heterocycles. The summed E-state index contributed by atoms with van der Waals surface area (Å²) in [7, 11) is 2.04. The highest BCUT2D eigenvalue weighted by Gasteiger charge is 2.54. The van der Waals surface area contributed by atoms with Gasteiger partial charge in [0.05, 0.1) is 6.04 Å². The topological polar surface area (TPSA) is 76.5 Å². The number of benzene rings is 2. The smallest absolute Gasteiger partial charge is 0.269 e. The van der Waals surface area contributed by atoms with E-state index in [-0.39, 0.29) is 36.2 Å². The van der Waals surface area contributed by atoms with Gasteiger partial charge in [-0.25, -0.2) is 4.99 Å². The van der Waals surface area contributed by atoms with E-state index in [4.69, 9.17) is 28.2 Å². The monoisotopic (exact) mass is 653 g/mol. The van der Waals surface area contributed by atoms with Crippen molar-refractivity contribution in [2.45, 2.75) is 64.2 Å². The molecule has 4 aliphatic rings. The van der Waals surface area contributed by atoms with E-state index in [1.807, 2.05) is 74.3 Å². The number of nitrogens with zero attached hydrogens (tertiary/aromatic N) is 5. The van der Waals surface area contributed by atoms with Crippen molar-refractivity contribution in [1.29, 1.82) is 0 Å². The molecular weight excluding hydrogens is 617 g/mol. The van der Waals surface area contributed by atoms with Crippen LogP contribution < -0.4 is 0 Å². The lowest BCUT2D eigenvalue weighted by molar-refractivity contribution is -0.150. The van der Waals surface area contributed by atoms with Gasteiger partial charge in [0, 0.05) is 47.8 Å². The van der Waals surface area contributed by atoms with Crippen LogP contribution in [0.15, 0.2) is 64.1 Å². The van der Waals surface area contributed by atoms with Gasteiger partial charge < -0.3 is 14.7 Å². The molecule has 0 unspecified atom stereocenters. The molecule has 0 saturated carbocycles. The second kappa shape index (κ2) is 11.8. The predicted molar refractivity (Wildman–Crippen MR) is 175 cm³/mol. The number of allylic oxidation sites excluding steroid dienone is 1. The van der Waals surface area contributed by atoms with Crippen molar-refractivity contribution in [3.05, 3.63) is 80.3 Å². The summed E-state index contributed by atoms with van der Waals surface area (Å²) in [6, 6.07) is 14.6. The first-order chi connectivity index (χ1) is 20.9. The molecule has 2 aromatic rings. The van der Waals surface area contributed by atoms with E-state index >= 15 is 0 Å². The molecule has 4 aliphatic heterocycles. The molecule has 4 atom stereocenters. The number of aliphatic imine (C=N–C) groups is 1. The van der Waals surface area contributed by atoms with Crippen LogP contribution in [0.3, 0.4) is 0 Å². The SMILES string of the molecule is CC(C)C1=C(C(=O)N2C(=O)CC[C@H]2C(=O)N2CCN(C)[C@H](C)C2)SC2=N[C@@](C)(c3ccc(Cl)cc3)[C@@H](c3ccc(Cl)cc3)N21. The Hall–Kier alpha value is -2.85. The Morgan fingerprint density at radius 2 is 1.66 bits per heavy atom. The quantitative estimate of drug-likeness (QED) is 0.373. The third-order valence-corrected chi connectivity index (χ3v) is 10.9. The van der Waals surface area contributed by atoms with E-state index in [2.05, 4.69) is 23.6 Å². The first-order valence-corrected chi connectivity index (χ1v) is 16.7. The van der Waals surface area contributed by atoms with Crippen LogP contribution in [0.1, 0.15) is 57.7 Å². The van der Waals surface area contributed by atoms with Gasteiger partial charge >= 0.3 is 0 Å². The molecule has 8 nitrogen and oxygen atoms in total. The highest BCUT2D eigenvalue weighted by molar-refractivity contribution is 8.18. The molecule has 2 saturated heterocycles. The fraction of sp³-hybridized carbons (Fsp3) is 0.455. The minimum Gasteiger partial charge on any atom is -0.338 e. The number of halogens is 2. The maximum absolute atomic E-state index is 14.4. The zero-order valence-corrected chi connectivity index (χ0v) is 27.9. The molecule has 0 aromatic heterocycles. The number of thioether (sulfide) groups is 1. The van der Waals surface area contributed by atoms with Gasteiger partial charge in [-0.1, -0.05) is 61.3 Å². The second-order valence-electron chi connectivity index (χ2n) is 12.6. The van der Waals surface area contributed by atoms with Gasteiger partial charge in [-0.05, 0) is 80.4 Å². The molecule has 6 rings (SSSR count). The van der Waals surface area contributed by atoms with E-state index < -0.39 is 17.5 Å². The minimum absolute atomic E-state index is 0.0677. The molecule has 0 spiro atoms. The van der Waals surface area contributed by atoms with Gasteiger partial charge in [0.1, 0.15) is 16.5 Å². The van der Waals surface area contributed by atoms with Gasteiger partial charge in [0.15, 0.2) is 5.17 Å². The molecule has 232 valence electrons. The fourth-order valence-electron chi connectivity index (χ4n) is 6.81. The molecule has 2 aromatic carbocycles. The Bertz CT molecular complexity index is 1560. The number of rotatable bonds is 5. The summed E-state index contributed by atoms with van der Waals surface area (Å²) in [6.45, 7) is 10.2. The summed E-state index contributed by atoms with van der Waals surface area (Å²) in [5, 5.41) is 1.96. The molecule has 3 amide bonds. The van der Waals surface area contributed by atoms with Crippen molar-refractivity contribution >= 4 is 57.9 Å². The summed E-state index contributed by atoms with van der Waals surface area (Å²) in [4.78, 5) is 54.6. The number of carbonyl (C=O) groups excluding carboxylic acids is 3. The lowest BCUT2D eigenvalue weighted by atomic mass is 9.81. The van der Waals surface area contributed by atoms with E-state index in [9.17, 15) is 14.4 Å². The second-order valence-corrected chi connectivity index (χ2v) is 14.4. The summed E-state index contributed by atoms with van der Waals surface area (Å²) < 4.78 is 0. The number of amides is 3. The van der Waals surface area contributed by atoms with Crippen molar-refractivity contribution in [2.24, 2.45) is 10.9 Å². The molecule has 44 heavy (non-hydrogen) atoms. The average Bonchev–Trinajstić information content (AvgIpc) is 3.64. The number of carbonyl (C=O) groups is 3. The van der Waals surface area contributed by atoms with Crippen molar-refractivity contribution in [2.75, 3.05) is 26.7 Å². The van der Waals surface area contributed by atoms with Crippen LogP contribution in [0.2, 0.25) is 10.0 Å². The summed E-state index contributed by atoms with van der Waals surface area (Å²) in [5.41, 5.74) is 2.08. The number of likely N-dealkylation sites (tertiary alicyclic amines) is 1.